The van der Waals surface area contributed by atoms with Crippen LogP contribution in [-0.2, 0) is 17.9 Å². The van der Waals surface area contributed by atoms with Crippen molar-refractivity contribution in [2.75, 3.05) is 6.61 Å². The van der Waals surface area contributed by atoms with Gasteiger partial charge in [0.1, 0.15) is 5.01 Å². The summed E-state index contributed by atoms with van der Waals surface area (Å²) in [5.74, 6) is 0. The first-order valence-corrected chi connectivity index (χ1v) is 6.62. The monoisotopic (exact) mass is 238 g/mol. The maximum Gasteiger partial charge on any atom is 0.107 e. The molecule has 0 amide bonds. The molecule has 3 nitrogen and oxygen atoms in total. The zero-order chi connectivity index (χ0) is 11.2. The fourth-order valence-corrected chi connectivity index (χ4v) is 2.07. The van der Waals surface area contributed by atoms with Crippen LogP contribution in [0.4, 0.5) is 0 Å². The van der Waals surface area contributed by atoms with Crippen molar-refractivity contribution in [2.24, 2.45) is 0 Å². The van der Waals surface area contributed by atoms with Gasteiger partial charge in [0, 0.05) is 18.0 Å². The van der Waals surface area contributed by atoms with Crippen LogP contribution in [0.15, 0.2) is 17.5 Å². The number of rotatable bonds is 7. The van der Waals surface area contributed by atoms with Gasteiger partial charge in [0.25, 0.3) is 0 Å². The lowest BCUT2D eigenvalue weighted by atomic mass is 10.5. The Morgan fingerprint density at radius 2 is 2.50 bits per heavy atom. The normalized spacial score (nSPS) is 16.1. The van der Waals surface area contributed by atoms with Crippen LogP contribution in [-0.4, -0.2) is 17.6 Å². The second kappa shape index (κ2) is 6.13. The van der Waals surface area contributed by atoms with E-state index in [4.69, 9.17) is 4.74 Å². The fraction of sp³-hybridized carbons (Fsp3) is 0.583. The smallest absolute Gasteiger partial charge is 0.107 e. The summed E-state index contributed by atoms with van der Waals surface area (Å²) in [4.78, 5) is 4.51. The molecule has 1 heterocycles. The lowest BCUT2D eigenvalue weighted by molar-refractivity contribution is 0.146. The first-order chi connectivity index (χ1) is 7.88. The van der Waals surface area contributed by atoms with Crippen LogP contribution >= 0.6 is 11.3 Å². The zero-order valence-electron chi connectivity index (χ0n) is 9.61. The van der Waals surface area contributed by atoms with E-state index in [0.717, 1.165) is 23.3 Å². The topological polar surface area (TPSA) is 34.1 Å². The Morgan fingerprint density at radius 3 is 3.25 bits per heavy atom. The molecule has 16 heavy (non-hydrogen) atoms. The number of allylic oxidation sites excluding steroid dienone is 1. The molecule has 0 aliphatic heterocycles. The van der Waals surface area contributed by atoms with Crippen molar-refractivity contribution in [1.82, 2.24) is 10.3 Å². The van der Waals surface area contributed by atoms with Crippen LogP contribution in [0.25, 0.3) is 0 Å². The first kappa shape index (κ1) is 11.8. The van der Waals surface area contributed by atoms with Gasteiger partial charge in [-0.25, -0.2) is 4.98 Å². The molecule has 0 spiro atoms. The maximum atomic E-state index is 5.45. The molecule has 1 saturated carbocycles. The average Bonchev–Trinajstić information content (AvgIpc) is 3.02. The molecular formula is C12H18N2OS. The molecule has 0 radical (unpaired) electrons. The van der Waals surface area contributed by atoms with Gasteiger partial charge in [-0.15, -0.1) is 11.3 Å². The van der Waals surface area contributed by atoms with Gasteiger partial charge in [0.2, 0.25) is 0 Å². The minimum absolute atomic E-state index is 0.615. The third-order valence-corrected chi connectivity index (χ3v) is 3.32. The van der Waals surface area contributed by atoms with E-state index in [-0.39, 0.29) is 0 Å². The summed E-state index contributed by atoms with van der Waals surface area (Å²) >= 11 is 1.71. The Balaban J connectivity index is 1.68. The van der Waals surface area contributed by atoms with Crippen molar-refractivity contribution < 1.29 is 4.74 Å². The third kappa shape index (κ3) is 4.04. The average molecular weight is 238 g/mol. The van der Waals surface area contributed by atoms with E-state index < -0.39 is 0 Å². The Kier molecular flexibility index (Phi) is 4.51. The van der Waals surface area contributed by atoms with Crippen molar-refractivity contribution in [2.45, 2.75) is 39.0 Å². The largest absolute Gasteiger partial charge is 0.371 e. The van der Waals surface area contributed by atoms with Gasteiger partial charge in [-0.05, 0) is 19.8 Å². The molecule has 0 bridgehead atoms. The summed E-state index contributed by atoms with van der Waals surface area (Å²) < 4.78 is 5.45. The molecule has 1 aliphatic carbocycles. The van der Waals surface area contributed by atoms with Crippen molar-refractivity contribution in [3.8, 4) is 0 Å². The number of ether oxygens (including phenoxy) is 1. The van der Waals surface area contributed by atoms with E-state index in [1.165, 1.54) is 12.8 Å². The fourth-order valence-electron chi connectivity index (χ4n) is 1.34. The molecule has 1 aliphatic rings. The molecule has 0 aromatic carbocycles. The minimum Gasteiger partial charge on any atom is -0.371 e. The lowest BCUT2D eigenvalue weighted by Crippen LogP contribution is -2.15. The number of nitrogens with zero attached hydrogens (tertiary/aromatic N) is 1. The number of nitrogens with one attached hydrogen (secondary N) is 1. The molecular weight excluding hydrogens is 220 g/mol. The quantitative estimate of drug-likeness (QED) is 0.585. The molecule has 2 rings (SSSR count). The Labute approximate surface area is 101 Å². The molecule has 0 saturated heterocycles. The highest BCUT2D eigenvalue weighted by Gasteiger charge is 2.20. The highest BCUT2D eigenvalue weighted by atomic mass is 32.1. The molecule has 0 atom stereocenters. The Hall–Kier alpha value is -0.710. The van der Waals surface area contributed by atoms with Gasteiger partial charge in [-0.2, -0.15) is 0 Å². The summed E-state index contributed by atoms with van der Waals surface area (Å²) in [6.07, 6.45) is 6.64. The maximum absolute atomic E-state index is 5.45. The van der Waals surface area contributed by atoms with E-state index in [1.54, 1.807) is 11.3 Å². The first-order valence-electron chi connectivity index (χ1n) is 5.74. The number of hydrogen-bond donors (Lipinski definition) is 1. The summed E-state index contributed by atoms with van der Waals surface area (Å²) in [6, 6.07) is 0.748. The summed E-state index contributed by atoms with van der Waals surface area (Å²) in [6.45, 7) is 4.19. The van der Waals surface area contributed by atoms with E-state index in [1.807, 2.05) is 19.1 Å². The molecule has 88 valence electrons. The molecule has 4 heteroatoms. The number of aromatic nitrogens is 1. The van der Waals surface area contributed by atoms with E-state index >= 15 is 0 Å². The van der Waals surface area contributed by atoms with Gasteiger partial charge in [-0.1, -0.05) is 12.2 Å². The van der Waals surface area contributed by atoms with Gasteiger partial charge in [0.15, 0.2) is 0 Å². The highest BCUT2D eigenvalue weighted by molar-refractivity contribution is 7.09. The zero-order valence-corrected chi connectivity index (χ0v) is 10.4. The van der Waals surface area contributed by atoms with Crippen molar-refractivity contribution >= 4 is 11.3 Å². The summed E-state index contributed by atoms with van der Waals surface area (Å²) in [7, 11) is 0. The second-order valence-electron chi connectivity index (χ2n) is 3.97. The molecule has 1 aromatic rings. The van der Waals surface area contributed by atoms with E-state index in [0.29, 0.717) is 13.2 Å². The molecule has 1 N–H and O–H groups in total. The van der Waals surface area contributed by atoms with Crippen LogP contribution in [0.3, 0.4) is 0 Å². The third-order valence-electron chi connectivity index (χ3n) is 2.42. The summed E-state index contributed by atoms with van der Waals surface area (Å²) in [5, 5.41) is 6.70. The predicted molar refractivity (Wildman–Crippen MR) is 66.4 cm³/mol. The molecule has 1 aromatic heterocycles. The van der Waals surface area contributed by atoms with Gasteiger partial charge in [0.05, 0.1) is 18.9 Å². The molecule has 1 fully saturated rings. The van der Waals surface area contributed by atoms with Crippen LogP contribution in [0, 0.1) is 0 Å². The van der Waals surface area contributed by atoms with Gasteiger partial charge < -0.3 is 10.1 Å². The van der Waals surface area contributed by atoms with E-state index in [9.17, 15) is 0 Å². The van der Waals surface area contributed by atoms with Gasteiger partial charge in [-0.3, -0.25) is 0 Å². The van der Waals surface area contributed by atoms with Crippen molar-refractivity contribution in [3.63, 3.8) is 0 Å². The highest BCUT2D eigenvalue weighted by Crippen LogP contribution is 2.20. The van der Waals surface area contributed by atoms with E-state index in [2.05, 4.69) is 15.7 Å². The number of hydrogen-bond acceptors (Lipinski definition) is 4. The lowest BCUT2D eigenvalue weighted by Gasteiger charge is -1.98. The predicted octanol–water partition coefficient (Wildman–Crippen LogP) is 2.49. The number of thiazole rings is 1. The minimum atomic E-state index is 0.615. The SMILES string of the molecule is CC=CCOCc1csc(CNC2CC2)n1. The van der Waals surface area contributed by atoms with Crippen LogP contribution in [0.2, 0.25) is 0 Å². The van der Waals surface area contributed by atoms with Crippen LogP contribution in [0.1, 0.15) is 30.5 Å². The van der Waals surface area contributed by atoms with Crippen LogP contribution < -0.4 is 5.32 Å². The summed E-state index contributed by atoms with van der Waals surface area (Å²) in [5.41, 5.74) is 1.04. The van der Waals surface area contributed by atoms with Gasteiger partial charge >= 0.3 is 0 Å². The Morgan fingerprint density at radius 1 is 1.62 bits per heavy atom. The van der Waals surface area contributed by atoms with Crippen LogP contribution in [0.5, 0.6) is 0 Å². The van der Waals surface area contributed by atoms with Crippen molar-refractivity contribution in [1.29, 1.82) is 0 Å². The van der Waals surface area contributed by atoms with Crippen molar-refractivity contribution in [3.05, 3.63) is 28.2 Å². The molecule has 0 unspecified atom stereocenters. The standard InChI is InChI=1S/C12H18N2OS/c1-2-3-6-15-8-11-9-16-12(14-11)7-13-10-4-5-10/h2-3,9-10,13H,4-8H2,1H3. The Bertz CT molecular complexity index is 345. The second-order valence-corrected chi connectivity index (χ2v) is 4.91.